The SMILES string of the molecule is COc1nc(C)cc(=O)n1CC(=O)c1ccc(Br)s1. The normalized spacial score (nSPS) is 10.5. The Labute approximate surface area is 122 Å². The molecule has 0 N–H and O–H groups in total. The fraction of sp³-hybridized carbons (Fsp3) is 0.250. The molecule has 5 nitrogen and oxygen atoms in total. The van der Waals surface area contributed by atoms with Crippen LogP contribution in [0, 0.1) is 6.92 Å². The van der Waals surface area contributed by atoms with E-state index < -0.39 is 0 Å². The molecule has 19 heavy (non-hydrogen) atoms. The van der Waals surface area contributed by atoms with Crippen LogP contribution in [0.3, 0.4) is 0 Å². The van der Waals surface area contributed by atoms with E-state index in [9.17, 15) is 9.59 Å². The van der Waals surface area contributed by atoms with Crippen LogP contribution in [0.15, 0.2) is 26.8 Å². The Balaban J connectivity index is 2.33. The molecule has 0 unspecified atom stereocenters. The molecule has 0 aliphatic rings. The van der Waals surface area contributed by atoms with Crippen LogP contribution in [0.25, 0.3) is 0 Å². The summed E-state index contributed by atoms with van der Waals surface area (Å²) in [6.45, 7) is 1.62. The number of ketones is 1. The number of nitrogens with zero attached hydrogens (tertiary/aromatic N) is 2. The average Bonchev–Trinajstić information content (AvgIpc) is 2.78. The van der Waals surface area contributed by atoms with Crippen molar-refractivity contribution in [1.82, 2.24) is 9.55 Å². The molecule has 2 heterocycles. The molecule has 0 amide bonds. The number of rotatable bonds is 4. The Kier molecular flexibility index (Phi) is 4.16. The van der Waals surface area contributed by atoms with E-state index in [4.69, 9.17) is 4.74 Å². The van der Waals surface area contributed by atoms with Crippen LogP contribution in [0.4, 0.5) is 0 Å². The van der Waals surface area contributed by atoms with Crippen molar-refractivity contribution in [1.29, 1.82) is 0 Å². The molecule has 0 aromatic carbocycles. The Morgan fingerprint density at radius 2 is 2.26 bits per heavy atom. The van der Waals surface area contributed by atoms with Crippen LogP contribution in [0.5, 0.6) is 6.01 Å². The number of aryl methyl sites for hydroxylation is 1. The first-order valence-electron chi connectivity index (χ1n) is 5.42. The van der Waals surface area contributed by atoms with Gasteiger partial charge in [-0.15, -0.1) is 11.3 Å². The van der Waals surface area contributed by atoms with Crippen molar-refractivity contribution < 1.29 is 9.53 Å². The van der Waals surface area contributed by atoms with Gasteiger partial charge < -0.3 is 4.74 Å². The van der Waals surface area contributed by atoms with E-state index in [1.807, 2.05) is 0 Å². The number of halogens is 1. The van der Waals surface area contributed by atoms with E-state index in [0.29, 0.717) is 10.6 Å². The lowest BCUT2D eigenvalue weighted by molar-refractivity contribution is 0.0970. The van der Waals surface area contributed by atoms with Crippen molar-refractivity contribution >= 4 is 33.0 Å². The van der Waals surface area contributed by atoms with Gasteiger partial charge in [-0.2, -0.15) is 0 Å². The first-order chi connectivity index (χ1) is 9.01. The molecule has 0 aliphatic heterocycles. The minimum absolute atomic E-state index is 0.0811. The van der Waals surface area contributed by atoms with E-state index in [1.54, 1.807) is 19.1 Å². The monoisotopic (exact) mass is 342 g/mol. The maximum Gasteiger partial charge on any atom is 0.299 e. The summed E-state index contributed by atoms with van der Waals surface area (Å²) in [5, 5.41) is 0. The smallest absolute Gasteiger partial charge is 0.299 e. The molecule has 2 aromatic heterocycles. The standard InChI is InChI=1S/C12H11BrN2O3S/c1-7-5-11(17)15(12(14-7)18-2)6-8(16)9-3-4-10(13)19-9/h3-5H,6H2,1-2H3. The molecule has 0 fully saturated rings. The summed E-state index contributed by atoms with van der Waals surface area (Å²) in [6.07, 6.45) is 0. The Bertz CT molecular complexity index is 678. The molecule has 0 aliphatic carbocycles. The van der Waals surface area contributed by atoms with Crippen LogP contribution in [-0.2, 0) is 6.54 Å². The predicted molar refractivity (Wildman–Crippen MR) is 76.1 cm³/mol. The first kappa shape index (κ1) is 14.0. The number of thiophene rings is 1. The van der Waals surface area contributed by atoms with Crippen molar-refractivity contribution in [2.45, 2.75) is 13.5 Å². The molecule has 7 heteroatoms. The van der Waals surface area contributed by atoms with Crippen LogP contribution < -0.4 is 10.3 Å². The number of ether oxygens (including phenoxy) is 1. The third-order valence-corrected chi connectivity index (χ3v) is 4.10. The number of Topliss-reactive ketones (excluding diaryl/α,β-unsaturated/α-hetero) is 1. The zero-order valence-electron chi connectivity index (χ0n) is 10.3. The highest BCUT2D eigenvalue weighted by Gasteiger charge is 2.14. The summed E-state index contributed by atoms with van der Waals surface area (Å²) in [6, 6.07) is 5.04. The fourth-order valence-corrected chi connectivity index (χ4v) is 2.90. The molecule has 2 aromatic rings. The number of hydrogen-bond acceptors (Lipinski definition) is 5. The first-order valence-corrected chi connectivity index (χ1v) is 7.03. The average molecular weight is 343 g/mol. The quantitative estimate of drug-likeness (QED) is 0.799. The zero-order chi connectivity index (χ0) is 14.0. The second kappa shape index (κ2) is 5.66. The van der Waals surface area contributed by atoms with E-state index >= 15 is 0 Å². The highest BCUT2D eigenvalue weighted by atomic mass is 79.9. The van der Waals surface area contributed by atoms with Gasteiger partial charge in [0.15, 0.2) is 5.78 Å². The Morgan fingerprint density at radius 1 is 1.53 bits per heavy atom. The van der Waals surface area contributed by atoms with E-state index in [-0.39, 0.29) is 23.9 Å². The summed E-state index contributed by atoms with van der Waals surface area (Å²) in [4.78, 5) is 28.6. The van der Waals surface area contributed by atoms with Gasteiger partial charge in [0.25, 0.3) is 11.6 Å². The fourth-order valence-electron chi connectivity index (χ4n) is 1.58. The highest BCUT2D eigenvalue weighted by Crippen LogP contribution is 2.23. The van der Waals surface area contributed by atoms with Crippen LogP contribution in [0.1, 0.15) is 15.4 Å². The van der Waals surface area contributed by atoms with E-state index in [0.717, 1.165) is 3.79 Å². The molecule has 0 saturated heterocycles. The largest absolute Gasteiger partial charge is 0.468 e. The Morgan fingerprint density at radius 3 is 2.84 bits per heavy atom. The third-order valence-electron chi connectivity index (χ3n) is 2.43. The summed E-state index contributed by atoms with van der Waals surface area (Å²) < 4.78 is 7.14. The topological polar surface area (TPSA) is 61.2 Å². The second-order valence-electron chi connectivity index (χ2n) is 3.84. The van der Waals surface area contributed by atoms with Gasteiger partial charge in [-0.05, 0) is 35.0 Å². The number of carbonyl (C=O) groups excluding carboxylic acids is 1. The van der Waals surface area contributed by atoms with Gasteiger partial charge >= 0.3 is 0 Å². The third kappa shape index (κ3) is 3.10. The summed E-state index contributed by atoms with van der Waals surface area (Å²) in [7, 11) is 1.42. The summed E-state index contributed by atoms with van der Waals surface area (Å²) in [5.74, 6) is -0.151. The van der Waals surface area contributed by atoms with Crippen LogP contribution in [0.2, 0.25) is 0 Å². The number of methoxy groups -OCH3 is 1. The van der Waals surface area contributed by atoms with E-state index in [1.165, 1.54) is 29.1 Å². The molecule has 0 spiro atoms. The number of aromatic nitrogens is 2. The Hall–Kier alpha value is -1.47. The van der Waals surface area contributed by atoms with Gasteiger partial charge in [0.2, 0.25) is 0 Å². The molecule has 100 valence electrons. The summed E-state index contributed by atoms with van der Waals surface area (Å²) >= 11 is 4.63. The van der Waals surface area contributed by atoms with E-state index in [2.05, 4.69) is 20.9 Å². The lowest BCUT2D eigenvalue weighted by Crippen LogP contribution is -2.26. The predicted octanol–water partition coefficient (Wildman–Crippen LogP) is 2.27. The molecule has 0 bridgehead atoms. The van der Waals surface area contributed by atoms with Gasteiger partial charge in [-0.3, -0.25) is 14.2 Å². The minimum Gasteiger partial charge on any atom is -0.468 e. The van der Waals surface area contributed by atoms with Crippen molar-refractivity contribution in [3.63, 3.8) is 0 Å². The molecular formula is C12H11BrN2O3S. The second-order valence-corrected chi connectivity index (χ2v) is 6.30. The van der Waals surface area contributed by atoms with Gasteiger partial charge in [-0.1, -0.05) is 0 Å². The lowest BCUT2D eigenvalue weighted by Gasteiger charge is -2.09. The van der Waals surface area contributed by atoms with Crippen molar-refractivity contribution in [2.75, 3.05) is 7.11 Å². The van der Waals surface area contributed by atoms with Gasteiger partial charge in [0, 0.05) is 11.8 Å². The van der Waals surface area contributed by atoms with Gasteiger partial charge in [-0.25, -0.2) is 4.98 Å². The van der Waals surface area contributed by atoms with Gasteiger partial charge in [0.1, 0.15) is 0 Å². The molecule has 2 rings (SSSR count). The van der Waals surface area contributed by atoms with Gasteiger partial charge in [0.05, 0.1) is 22.3 Å². The van der Waals surface area contributed by atoms with Crippen molar-refractivity contribution in [2.24, 2.45) is 0 Å². The van der Waals surface area contributed by atoms with Crippen molar-refractivity contribution in [3.8, 4) is 6.01 Å². The summed E-state index contributed by atoms with van der Waals surface area (Å²) in [5.41, 5.74) is 0.262. The maximum atomic E-state index is 12.1. The minimum atomic E-state index is -0.298. The number of hydrogen-bond donors (Lipinski definition) is 0. The van der Waals surface area contributed by atoms with Crippen LogP contribution >= 0.6 is 27.3 Å². The molecule has 0 atom stereocenters. The van der Waals surface area contributed by atoms with Crippen LogP contribution in [-0.4, -0.2) is 22.4 Å². The number of carbonyl (C=O) groups is 1. The lowest BCUT2D eigenvalue weighted by atomic mass is 10.3. The molecule has 0 saturated carbocycles. The molecular weight excluding hydrogens is 332 g/mol. The maximum absolute atomic E-state index is 12.1. The highest BCUT2D eigenvalue weighted by molar-refractivity contribution is 9.11. The molecule has 0 radical (unpaired) electrons. The zero-order valence-corrected chi connectivity index (χ0v) is 12.7. The van der Waals surface area contributed by atoms with Crippen molar-refractivity contribution in [3.05, 3.63) is 42.9 Å².